The first-order chi connectivity index (χ1) is 12.6. The van der Waals surface area contributed by atoms with Gasteiger partial charge in [-0.2, -0.15) is 0 Å². The van der Waals surface area contributed by atoms with E-state index in [1.165, 1.54) is 0 Å². The Morgan fingerprint density at radius 3 is 2.69 bits per heavy atom. The highest BCUT2D eigenvalue weighted by molar-refractivity contribution is 6.24. The molecule has 0 unspecified atom stereocenters. The highest BCUT2D eigenvalue weighted by Crippen LogP contribution is 2.33. The Hall–Kier alpha value is -2.66. The Labute approximate surface area is 153 Å². The number of hydrogen-bond donors (Lipinski definition) is 2. The van der Waals surface area contributed by atoms with Crippen molar-refractivity contribution in [1.82, 2.24) is 15.5 Å². The zero-order chi connectivity index (χ0) is 18.1. The van der Waals surface area contributed by atoms with Crippen LogP contribution >= 0.6 is 0 Å². The van der Waals surface area contributed by atoms with E-state index in [9.17, 15) is 9.59 Å². The van der Waals surface area contributed by atoms with Gasteiger partial charge in [-0.1, -0.05) is 30.4 Å². The molecule has 1 saturated heterocycles. The minimum atomic E-state index is -0.165. The standard InChI is InChI=1S/C21H23N3O2/c1-24-12-10-14(11-13-24)22-21(26)19-15-6-2-3-7-16(15)20(25)23-18-9-5-4-8-17(18)19/h2-7,9,14H,8,10-13H2,1H3,(H,22,26)(H,23,25). The summed E-state index contributed by atoms with van der Waals surface area (Å²) in [4.78, 5) is 28.1. The maximum absolute atomic E-state index is 13.3. The lowest BCUT2D eigenvalue weighted by atomic mass is 9.91. The number of benzene rings is 1. The summed E-state index contributed by atoms with van der Waals surface area (Å²) < 4.78 is 0. The van der Waals surface area contributed by atoms with Crippen molar-refractivity contribution in [2.75, 3.05) is 20.1 Å². The Kier molecular flexibility index (Phi) is 4.47. The van der Waals surface area contributed by atoms with Crippen LogP contribution in [-0.4, -0.2) is 42.9 Å². The summed E-state index contributed by atoms with van der Waals surface area (Å²) in [5.74, 6) is -0.249. The number of piperidine rings is 1. The van der Waals surface area contributed by atoms with Gasteiger partial charge in [0.15, 0.2) is 0 Å². The quantitative estimate of drug-likeness (QED) is 0.861. The lowest BCUT2D eigenvalue weighted by Crippen LogP contribution is -2.43. The summed E-state index contributed by atoms with van der Waals surface area (Å²) in [5, 5.41) is 6.17. The van der Waals surface area contributed by atoms with E-state index < -0.39 is 0 Å². The molecule has 0 radical (unpaired) electrons. The molecule has 5 heteroatoms. The van der Waals surface area contributed by atoms with Crippen LogP contribution in [0.15, 0.2) is 53.8 Å². The van der Waals surface area contributed by atoms with Gasteiger partial charge >= 0.3 is 0 Å². The molecule has 1 aromatic rings. The van der Waals surface area contributed by atoms with Crippen LogP contribution in [0.1, 0.15) is 35.2 Å². The average Bonchev–Trinajstić information content (AvgIpc) is 2.77. The third-order valence-electron chi connectivity index (χ3n) is 5.32. The van der Waals surface area contributed by atoms with Gasteiger partial charge in [0.2, 0.25) is 0 Å². The molecule has 3 aliphatic rings. The van der Waals surface area contributed by atoms with Gasteiger partial charge in [-0.3, -0.25) is 9.59 Å². The van der Waals surface area contributed by atoms with Gasteiger partial charge in [0.25, 0.3) is 11.8 Å². The van der Waals surface area contributed by atoms with Crippen LogP contribution in [0.5, 0.6) is 0 Å². The summed E-state index contributed by atoms with van der Waals surface area (Å²) >= 11 is 0. The van der Waals surface area contributed by atoms with Crippen molar-refractivity contribution in [3.63, 3.8) is 0 Å². The lowest BCUT2D eigenvalue weighted by molar-refractivity contribution is -0.116. The number of rotatable bonds is 2. The molecule has 2 aliphatic heterocycles. The van der Waals surface area contributed by atoms with E-state index in [1.807, 2.05) is 36.4 Å². The Morgan fingerprint density at radius 2 is 1.92 bits per heavy atom. The van der Waals surface area contributed by atoms with E-state index >= 15 is 0 Å². The van der Waals surface area contributed by atoms with Crippen molar-refractivity contribution in [2.45, 2.75) is 25.3 Å². The Bertz CT molecular complexity index is 843. The van der Waals surface area contributed by atoms with Crippen LogP contribution in [0.2, 0.25) is 0 Å². The van der Waals surface area contributed by atoms with E-state index in [4.69, 9.17) is 0 Å². The Morgan fingerprint density at radius 1 is 1.19 bits per heavy atom. The minimum absolute atomic E-state index is 0.0836. The highest BCUT2D eigenvalue weighted by Gasteiger charge is 2.30. The van der Waals surface area contributed by atoms with Crippen molar-refractivity contribution in [2.24, 2.45) is 0 Å². The molecule has 2 amide bonds. The van der Waals surface area contributed by atoms with Gasteiger partial charge in [0.1, 0.15) is 0 Å². The number of nitrogens with zero attached hydrogens (tertiary/aromatic N) is 1. The van der Waals surface area contributed by atoms with Crippen molar-refractivity contribution in [3.8, 4) is 0 Å². The molecule has 2 N–H and O–H groups in total. The molecule has 1 aromatic carbocycles. The molecular formula is C21H23N3O2. The first kappa shape index (κ1) is 16.8. The molecule has 5 nitrogen and oxygen atoms in total. The van der Waals surface area contributed by atoms with E-state index in [1.54, 1.807) is 6.07 Å². The molecule has 0 spiro atoms. The number of fused-ring (bicyclic) bond motifs is 2. The second-order valence-corrected chi connectivity index (χ2v) is 7.12. The smallest absolute Gasteiger partial charge is 0.256 e. The zero-order valence-corrected chi connectivity index (χ0v) is 14.9. The van der Waals surface area contributed by atoms with Gasteiger partial charge in [-0.15, -0.1) is 0 Å². The van der Waals surface area contributed by atoms with Gasteiger partial charge in [-0.25, -0.2) is 0 Å². The summed E-state index contributed by atoms with van der Waals surface area (Å²) in [6, 6.07) is 7.53. The Balaban J connectivity index is 1.73. The summed E-state index contributed by atoms with van der Waals surface area (Å²) in [6.45, 7) is 1.97. The van der Waals surface area contributed by atoms with Crippen molar-refractivity contribution in [3.05, 3.63) is 64.9 Å². The molecule has 1 fully saturated rings. The summed E-state index contributed by atoms with van der Waals surface area (Å²) in [6.07, 6.45) is 8.34. The third kappa shape index (κ3) is 3.10. The molecule has 0 bridgehead atoms. The number of hydrogen-bond acceptors (Lipinski definition) is 3. The normalized spacial score (nSPS) is 20.7. The van der Waals surface area contributed by atoms with Gasteiger partial charge < -0.3 is 15.5 Å². The third-order valence-corrected chi connectivity index (χ3v) is 5.32. The SMILES string of the molecule is CN1CCC(NC(=O)C2=C3CC=CC=C3NC(=O)c3ccccc32)CC1. The summed E-state index contributed by atoms with van der Waals surface area (Å²) in [5.41, 5.74) is 3.49. The average molecular weight is 349 g/mol. The molecule has 0 aromatic heterocycles. The fourth-order valence-corrected chi connectivity index (χ4v) is 3.84. The molecule has 0 saturated carbocycles. The fraction of sp³-hybridized carbons (Fsp3) is 0.333. The van der Waals surface area contributed by atoms with Crippen LogP contribution in [0, 0.1) is 0 Å². The monoisotopic (exact) mass is 349 g/mol. The highest BCUT2D eigenvalue weighted by atomic mass is 16.2. The van der Waals surface area contributed by atoms with Gasteiger partial charge in [0, 0.05) is 22.9 Å². The second kappa shape index (κ2) is 6.92. The number of carbonyl (C=O) groups excluding carboxylic acids is 2. The van der Waals surface area contributed by atoms with Crippen LogP contribution in [0.3, 0.4) is 0 Å². The summed E-state index contributed by atoms with van der Waals surface area (Å²) in [7, 11) is 2.10. The topological polar surface area (TPSA) is 61.4 Å². The van der Waals surface area contributed by atoms with E-state index in [0.717, 1.165) is 37.2 Å². The van der Waals surface area contributed by atoms with Gasteiger partial charge in [-0.05, 0) is 57.1 Å². The molecule has 1 aliphatic carbocycles. The minimum Gasteiger partial charge on any atom is -0.349 e. The molecule has 134 valence electrons. The molecule has 2 heterocycles. The maximum atomic E-state index is 13.3. The maximum Gasteiger partial charge on any atom is 0.256 e. The van der Waals surface area contributed by atoms with Crippen LogP contribution in [0.4, 0.5) is 0 Å². The molecule has 4 rings (SSSR count). The van der Waals surface area contributed by atoms with Crippen LogP contribution < -0.4 is 10.6 Å². The largest absolute Gasteiger partial charge is 0.349 e. The molecule has 26 heavy (non-hydrogen) atoms. The van der Waals surface area contributed by atoms with Gasteiger partial charge in [0.05, 0.1) is 5.57 Å². The number of nitrogens with one attached hydrogen (secondary N) is 2. The predicted molar refractivity (Wildman–Crippen MR) is 101 cm³/mol. The first-order valence-electron chi connectivity index (χ1n) is 9.14. The number of amides is 2. The lowest BCUT2D eigenvalue weighted by Gasteiger charge is -2.30. The van der Waals surface area contributed by atoms with E-state index in [0.29, 0.717) is 23.1 Å². The zero-order valence-electron chi connectivity index (χ0n) is 14.9. The number of likely N-dealkylation sites (tertiary alicyclic amines) is 1. The van der Waals surface area contributed by atoms with Crippen LogP contribution in [0.25, 0.3) is 5.57 Å². The second-order valence-electron chi connectivity index (χ2n) is 7.12. The fourth-order valence-electron chi connectivity index (χ4n) is 3.84. The number of allylic oxidation sites excluding steroid dienone is 4. The molecule has 0 atom stereocenters. The van der Waals surface area contributed by atoms with Crippen molar-refractivity contribution < 1.29 is 9.59 Å². The van der Waals surface area contributed by atoms with Crippen molar-refractivity contribution >= 4 is 17.4 Å². The number of carbonyl (C=O) groups is 2. The first-order valence-corrected chi connectivity index (χ1v) is 9.14. The predicted octanol–water partition coefficient (Wildman–Crippen LogP) is 2.24. The molecular weight excluding hydrogens is 326 g/mol. The van der Waals surface area contributed by atoms with E-state index in [2.05, 4.69) is 22.6 Å². The van der Waals surface area contributed by atoms with Crippen LogP contribution in [-0.2, 0) is 4.79 Å². The van der Waals surface area contributed by atoms with E-state index in [-0.39, 0.29) is 17.9 Å². The van der Waals surface area contributed by atoms with Crippen molar-refractivity contribution in [1.29, 1.82) is 0 Å².